The molecule has 5 heterocycles. The second-order valence-electron chi connectivity index (χ2n) is 11.3. The van der Waals surface area contributed by atoms with Crippen molar-refractivity contribution in [1.82, 2.24) is 15.2 Å². The van der Waals surface area contributed by atoms with Crippen molar-refractivity contribution in [3.8, 4) is 0 Å². The first-order valence-corrected chi connectivity index (χ1v) is 13.9. The second kappa shape index (κ2) is 9.54. The van der Waals surface area contributed by atoms with Gasteiger partial charge in [-0.15, -0.1) is 0 Å². The molecular formula is C31H32N4O4. The van der Waals surface area contributed by atoms with E-state index in [1.54, 1.807) is 6.07 Å². The van der Waals surface area contributed by atoms with Gasteiger partial charge in [0, 0.05) is 55.4 Å². The molecule has 0 aliphatic carbocycles. The SMILES string of the molecule is [2H]c1nc(Cc2ccc(CN3CCC4(CCCO4)CC3)cc2)c2cccc3c2c1N(C1CCC(=O)NC1=O)C3=O. The fraction of sp³-hybridized carbons (Fsp3) is 0.419. The zero-order valence-electron chi connectivity index (χ0n) is 22.9. The summed E-state index contributed by atoms with van der Waals surface area (Å²) < 4.78 is 14.8. The number of nitrogens with one attached hydrogen (secondary N) is 1. The maximum Gasteiger partial charge on any atom is 0.259 e. The smallest absolute Gasteiger partial charge is 0.259 e. The van der Waals surface area contributed by atoms with Gasteiger partial charge in [-0.05, 0) is 49.3 Å². The average molecular weight is 526 g/mol. The van der Waals surface area contributed by atoms with Gasteiger partial charge in [-0.2, -0.15) is 0 Å². The van der Waals surface area contributed by atoms with Crippen molar-refractivity contribution < 1.29 is 20.5 Å². The van der Waals surface area contributed by atoms with Crippen LogP contribution in [0.5, 0.6) is 0 Å². The molecule has 0 radical (unpaired) electrons. The molecule has 3 aromatic rings. The topological polar surface area (TPSA) is 91.8 Å². The molecule has 8 heteroatoms. The Morgan fingerprint density at radius 2 is 1.85 bits per heavy atom. The molecule has 1 N–H and O–H groups in total. The molecule has 2 aromatic carbocycles. The van der Waals surface area contributed by atoms with E-state index in [0.717, 1.165) is 55.7 Å². The fourth-order valence-electron chi connectivity index (χ4n) is 6.71. The van der Waals surface area contributed by atoms with Crippen molar-refractivity contribution in [2.24, 2.45) is 0 Å². The number of benzene rings is 2. The lowest BCUT2D eigenvalue weighted by molar-refractivity contribution is -0.134. The lowest BCUT2D eigenvalue weighted by Crippen LogP contribution is -2.53. The molecule has 7 rings (SSSR count). The van der Waals surface area contributed by atoms with Gasteiger partial charge in [0.25, 0.3) is 5.91 Å². The Morgan fingerprint density at radius 1 is 1.05 bits per heavy atom. The number of nitrogens with zero attached hydrogens (tertiary/aromatic N) is 3. The number of piperidine rings is 2. The maximum atomic E-state index is 13.4. The summed E-state index contributed by atoms with van der Waals surface area (Å²) in [6.45, 7) is 3.96. The normalized spacial score (nSPS) is 23.1. The number of carbonyl (C=O) groups excluding carboxylic acids is 3. The van der Waals surface area contributed by atoms with Crippen LogP contribution in [0, 0.1) is 0 Å². The van der Waals surface area contributed by atoms with Gasteiger partial charge >= 0.3 is 0 Å². The molecular weight excluding hydrogens is 492 g/mol. The lowest BCUT2D eigenvalue weighted by Gasteiger charge is -2.38. The number of pyridine rings is 1. The Kier molecular flexibility index (Phi) is 5.69. The van der Waals surface area contributed by atoms with E-state index in [-0.39, 0.29) is 36.4 Å². The van der Waals surface area contributed by atoms with E-state index in [1.807, 2.05) is 12.1 Å². The first-order chi connectivity index (χ1) is 19.4. The van der Waals surface area contributed by atoms with E-state index < -0.39 is 11.9 Å². The number of ether oxygens (including phenoxy) is 1. The molecule has 4 aliphatic heterocycles. The number of hydrogen-bond donors (Lipinski definition) is 1. The molecule has 3 saturated heterocycles. The van der Waals surface area contributed by atoms with E-state index in [2.05, 4.69) is 39.5 Å². The van der Waals surface area contributed by atoms with Crippen LogP contribution in [0.25, 0.3) is 10.8 Å². The zero-order chi connectivity index (χ0) is 27.4. The highest BCUT2D eigenvalue weighted by Gasteiger charge is 2.41. The monoisotopic (exact) mass is 525 g/mol. The third-order valence-electron chi connectivity index (χ3n) is 8.87. The molecule has 1 spiro atoms. The van der Waals surface area contributed by atoms with Crippen LogP contribution in [0.2, 0.25) is 0 Å². The average Bonchev–Trinajstić information content (AvgIpc) is 3.53. The Morgan fingerprint density at radius 3 is 2.59 bits per heavy atom. The quantitative estimate of drug-likeness (QED) is 0.511. The van der Waals surface area contributed by atoms with Crippen LogP contribution in [-0.4, -0.2) is 58.9 Å². The summed E-state index contributed by atoms with van der Waals surface area (Å²) in [7, 11) is 0. The first kappa shape index (κ1) is 23.3. The molecule has 200 valence electrons. The van der Waals surface area contributed by atoms with E-state index in [1.165, 1.54) is 23.3 Å². The predicted molar refractivity (Wildman–Crippen MR) is 146 cm³/mol. The Balaban J connectivity index is 1.11. The molecule has 0 bridgehead atoms. The minimum atomic E-state index is -0.832. The molecule has 1 unspecified atom stereocenters. The summed E-state index contributed by atoms with van der Waals surface area (Å²) in [5.74, 6) is -1.18. The number of likely N-dealkylation sites (tertiary alicyclic amines) is 1. The van der Waals surface area contributed by atoms with Gasteiger partial charge in [0.2, 0.25) is 11.8 Å². The van der Waals surface area contributed by atoms with Crippen LogP contribution in [0.4, 0.5) is 5.69 Å². The molecule has 3 amide bonds. The van der Waals surface area contributed by atoms with E-state index in [0.29, 0.717) is 23.1 Å². The summed E-state index contributed by atoms with van der Waals surface area (Å²) >= 11 is 0. The van der Waals surface area contributed by atoms with Gasteiger partial charge in [0.1, 0.15) is 6.04 Å². The van der Waals surface area contributed by atoms with Crippen molar-refractivity contribution in [2.45, 2.75) is 63.1 Å². The largest absolute Gasteiger partial charge is 0.375 e. The highest BCUT2D eigenvalue weighted by molar-refractivity contribution is 6.27. The van der Waals surface area contributed by atoms with Crippen LogP contribution in [0.1, 0.15) is 67.1 Å². The zero-order valence-corrected chi connectivity index (χ0v) is 21.9. The summed E-state index contributed by atoms with van der Waals surface area (Å²) in [6, 6.07) is 13.2. The number of amides is 3. The van der Waals surface area contributed by atoms with Gasteiger partial charge in [-0.1, -0.05) is 36.4 Å². The second-order valence-corrected chi connectivity index (χ2v) is 11.3. The summed E-state index contributed by atoms with van der Waals surface area (Å²) in [6.07, 6.45) is 5.49. The molecule has 4 aliphatic rings. The number of carbonyl (C=O) groups is 3. The molecule has 8 nitrogen and oxygen atoms in total. The standard InChI is InChI=1S/C31H32N4O4/c36-27-10-9-25(29(37)33-27)35-26-18-32-24(22-3-1-4-23(28(22)26)30(35)38)17-20-5-7-21(8-6-20)19-34-14-12-31(13-15-34)11-2-16-39-31/h1,3-8,18,25H,2,9-17,19H2,(H,33,36,37)/i18D. The van der Waals surface area contributed by atoms with Crippen molar-refractivity contribution in [3.05, 3.63) is 71.0 Å². The van der Waals surface area contributed by atoms with Gasteiger partial charge in [0.05, 0.1) is 24.5 Å². The van der Waals surface area contributed by atoms with E-state index in [9.17, 15) is 14.4 Å². The van der Waals surface area contributed by atoms with Crippen molar-refractivity contribution in [1.29, 1.82) is 0 Å². The molecule has 39 heavy (non-hydrogen) atoms. The number of aromatic nitrogens is 1. The van der Waals surface area contributed by atoms with Crippen LogP contribution >= 0.6 is 0 Å². The van der Waals surface area contributed by atoms with Crippen molar-refractivity contribution >= 4 is 34.2 Å². The number of hydrogen-bond acceptors (Lipinski definition) is 6. The van der Waals surface area contributed by atoms with Crippen LogP contribution < -0.4 is 10.2 Å². The summed E-state index contributed by atoms with van der Waals surface area (Å²) in [5, 5.41) is 3.81. The first-order valence-electron chi connectivity index (χ1n) is 14.4. The fourth-order valence-corrected chi connectivity index (χ4v) is 6.71. The highest BCUT2D eigenvalue weighted by atomic mass is 16.5. The van der Waals surface area contributed by atoms with Gasteiger partial charge in [-0.3, -0.25) is 34.5 Å². The number of anilines is 1. The van der Waals surface area contributed by atoms with Crippen LogP contribution in [0.15, 0.2) is 48.6 Å². The third kappa shape index (κ3) is 4.32. The molecule has 1 atom stereocenters. The lowest BCUT2D eigenvalue weighted by atomic mass is 9.88. The molecule has 3 fully saturated rings. The molecule has 1 aromatic heterocycles. The third-order valence-corrected chi connectivity index (χ3v) is 8.87. The maximum absolute atomic E-state index is 13.4. The Hall–Kier alpha value is -3.62. The summed E-state index contributed by atoms with van der Waals surface area (Å²) in [4.78, 5) is 46.2. The summed E-state index contributed by atoms with van der Waals surface area (Å²) in [5.41, 5.74) is 4.04. The van der Waals surface area contributed by atoms with Gasteiger partial charge < -0.3 is 4.74 Å². The van der Waals surface area contributed by atoms with Crippen molar-refractivity contribution in [3.63, 3.8) is 0 Å². The van der Waals surface area contributed by atoms with Crippen molar-refractivity contribution in [2.75, 3.05) is 24.6 Å². The predicted octanol–water partition coefficient (Wildman–Crippen LogP) is 3.74. The van der Waals surface area contributed by atoms with Gasteiger partial charge in [0.15, 0.2) is 0 Å². The highest BCUT2D eigenvalue weighted by Crippen LogP contribution is 2.40. The van der Waals surface area contributed by atoms with Gasteiger partial charge in [-0.25, -0.2) is 0 Å². The Labute approximate surface area is 228 Å². The molecule has 0 saturated carbocycles. The number of rotatable bonds is 5. The number of imide groups is 1. The minimum Gasteiger partial charge on any atom is -0.375 e. The van der Waals surface area contributed by atoms with E-state index in [4.69, 9.17) is 6.11 Å². The van der Waals surface area contributed by atoms with Crippen LogP contribution in [-0.2, 0) is 27.3 Å². The Bertz CT molecular complexity index is 1520. The van der Waals surface area contributed by atoms with E-state index >= 15 is 0 Å². The minimum absolute atomic E-state index is 0.0313. The van der Waals surface area contributed by atoms with Crippen LogP contribution in [0.3, 0.4) is 0 Å².